The first-order chi connectivity index (χ1) is 15.8. The van der Waals surface area contributed by atoms with Gasteiger partial charge in [-0.15, -0.1) is 0 Å². The Morgan fingerprint density at radius 2 is 1.38 bits per heavy atom. The molecule has 0 amide bonds. The van der Waals surface area contributed by atoms with Gasteiger partial charge in [0.15, 0.2) is 0 Å². The molecule has 0 saturated heterocycles. The number of hydrogen-bond acceptors (Lipinski definition) is 5. The van der Waals surface area contributed by atoms with Crippen LogP contribution < -0.4 is 33.2 Å². The van der Waals surface area contributed by atoms with Gasteiger partial charge in [-0.3, -0.25) is 9.28 Å². The van der Waals surface area contributed by atoms with Crippen molar-refractivity contribution in [3.8, 4) is 5.75 Å². The van der Waals surface area contributed by atoms with E-state index in [0.29, 0.717) is 30.9 Å². The maximum Gasteiger partial charge on any atom is 0.341 e. The van der Waals surface area contributed by atoms with Crippen LogP contribution in [0.1, 0.15) is 54.4 Å². The summed E-state index contributed by atoms with van der Waals surface area (Å²) < 4.78 is 16.6. The Labute approximate surface area is 221 Å². The van der Waals surface area contributed by atoms with E-state index in [2.05, 4.69) is 33.3 Å². The highest BCUT2D eigenvalue weighted by Gasteiger charge is 2.13. The van der Waals surface area contributed by atoms with E-state index < -0.39 is 0 Å². The first kappa shape index (κ1) is 29.9. The Hall–Kier alpha value is -2.13. The standard InChI is InChI=1S/C27H38NO5.HI/c1-28(2,3)23-17-15-22(16-18-23)21-26(29)33-20-12-8-6-5-7-11-19-32-25-14-10-9-13-24(25)27(30)31-4;/h9-10,13-18H,5-8,11-12,19-21H2,1-4H3;1H/q+1;/p-1. The Morgan fingerprint density at radius 1 is 0.794 bits per heavy atom. The molecule has 2 rings (SSSR count). The van der Waals surface area contributed by atoms with Gasteiger partial charge >= 0.3 is 11.9 Å². The summed E-state index contributed by atoms with van der Waals surface area (Å²) in [5, 5.41) is 0. The average Bonchev–Trinajstić information content (AvgIpc) is 2.79. The van der Waals surface area contributed by atoms with Gasteiger partial charge in [0, 0.05) is 0 Å². The minimum absolute atomic E-state index is 0. The van der Waals surface area contributed by atoms with E-state index in [1.165, 1.54) is 12.8 Å². The second-order valence-electron chi connectivity index (χ2n) is 9.03. The zero-order valence-electron chi connectivity index (χ0n) is 20.8. The Kier molecular flexibility index (Phi) is 13.8. The van der Waals surface area contributed by atoms with Crippen LogP contribution in [0.5, 0.6) is 5.75 Å². The zero-order chi connectivity index (χ0) is 24.1. The normalized spacial score (nSPS) is 10.8. The monoisotopic (exact) mass is 583 g/mol. The van der Waals surface area contributed by atoms with E-state index >= 15 is 0 Å². The van der Waals surface area contributed by atoms with Crippen molar-refractivity contribution in [1.29, 1.82) is 0 Å². The Balaban J connectivity index is 0.00000578. The van der Waals surface area contributed by atoms with Crippen LogP contribution in [0.2, 0.25) is 0 Å². The Bertz CT molecular complexity index is 877. The molecule has 0 atom stereocenters. The number of unbranched alkanes of at least 4 members (excludes halogenated alkanes) is 5. The predicted molar refractivity (Wildman–Crippen MR) is 132 cm³/mol. The number of methoxy groups -OCH3 is 1. The van der Waals surface area contributed by atoms with Crippen molar-refractivity contribution in [2.75, 3.05) is 41.5 Å². The molecule has 2 aromatic rings. The van der Waals surface area contributed by atoms with Crippen molar-refractivity contribution in [2.45, 2.75) is 44.9 Å². The lowest BCUT2D eigenvalue weighted by Crippen LogP contribution is -3.00. The molecule has 34 heavy (non-hydrogen) atoms. The lowest BCUT2D eigenvalue weighted by molar-refractivity contribution is -0.142. The molecule has 2 aromatic carbocycles. The lowest BCUT2D eigenvalue weighted by Gasteiger charge is -2.23. The summed E-state index contributed by atoms with van der Waals surface area (Å²) in [5.41, 5.74) is 2.63. The fourth-order valence-corrected chi connectivity index (χ4v) is 3.43. The molecule has 0 radical (unpaired) electrons. The number of quaternary nitrogens is 1. The topological polar surface area (TPSA) is 61.8 Å². The van der Waals surface area contributed by atoms with Gasteiger partial charge in [0.25, 0.3) is 0 Å². The second kappa shape index (κ2) is 15.7. The molecule has 6 nitrogen and oxygen atoms in total. The maximum atomic E-state index is 12.0. The van der Waals surface area contributed by atoms with Crippen LogP contribution in [0, 0.1) is 0 Å². The molecule has 188 valence electrons. The van der Waals surface area contributed by atoms with Gasteiger partial charge < -0.3 is 38.2 Å². The first-order valence-electron chi connectivity index (χ1n) is 11.7. The summed E-state index contributed by atoms with van der Waals surface area (Å²) in [6.45, 7) is 1.05. The molecule has 0 heterocycles. The first-order valence-corrected chi connectivity index (χ1v) is 11.7. The number of rotatable bonds is 14. The van der Waals surface area contributed by atoms with Gasteiger partial charge in [0.2, 0.25) is 0 Å². The summed E-state index contributed by atoms with van der Waals surface area (Å²) in [4.78, 5) is 23.8. The molecule has 0 aliphatic rings. The van der Waals surface area contributed by atoms with E-state index in [4.69, 9.17) is 14.2 Å². The number of carbonyl (C=O) groups is 2. The molecule has 0 fully saturated rings. The van der Waals surface area contributed by atoms with Crippen molar-refractivity contribution in [3.63, 3.8) is 0 Å². The molecule has 0 saturated carbocycles. The fourth-order valence-electron chi connectivity index (χ4n) is 3.43. The minimum Gasteiger partial charge on any atom is -1.00 e. The van der Waals surface area contributed by atoms with Crippen molar-refractivity contribution >= 4 is 17.6 Å². The van der Waals surface area contributed by atoms with Crippen LogP contribution in [-0.4, -0.2) is 53.4 Å². The zero-order valence-corrected chi connectivity index (χ0v) is 23.0. The van der Waals surface area contributed by atoms with Gasteiger partial charge in [0.1, 0.15) is 17.0 Å². The van der Waals surface area contributed by atoms with Gasteiger partial charge in [-0.25, -0.2) is 4.79 Å². The van der Waals surface area contributed by atoms with Gasteiger partial charge in [0.05, 0.1) is 47.9 Å². The van der Waals surface area contributed by atoms with Crippen molar-refractivity contribution < 1.29 is 47.8 Å². The summed E-state index contributed by atoms with van der Waals surface area (Å²) in [5.74, 6) is 0.0110. The number of para-hydroxylation sites is 1. The highest BCUT2D eigenvalue weighted by Crippen LogP contribution is 2.20. The van der Waals surface area contributed by atoms with E-state index in [0.717, 1.165) is 48.6 Å². The van der Waals surface area contributed by atoms with E-state index in [-0.39, 0.29) is 35.9 Å². The molecule has 0 unspecified atom stereocenters. The number of nitrogens with zero attached hydrogens (tertiary/aromatic N) is 1. The molecule has 0 aliphatic heterocycles. The number of carbonyl (C=O) groups excluding carboxylic acids is 2. The number of esters is 2. The molecular weight excluding hydrogens is 545 g/mol. The van der Waals surface area contributed by atoms with Crippen molar-refractivity contribution in [1.82, 2.24) is 4.48 Å². The summed E-state index contributed by atoms with van der Waals surface area (Å²) in [6.07, 6.45) is 6.43. The van der Waals surface area contributed by atoms with Gasteiger partial charge in [-0.05, 0) is 42.7 Å². The molecule has 0 N–H and O–H groups in total. The minimum atomic E-state index is -0.385. The van der Waals surface area contributed by atoms with Crippen molar-refractivity contribution in [3.05, 3.63) is 59.7 Å². The molecule has 0 bridgehead atoms. The van der Waals surface area contributed by atoms with E-state index in [1.54, 1.807) is 18.2 Å². The smallest absolute Gasteiger partial charge is 0.341 e. The van der Waals surface area contributed by atoms with Crippen LogP contribution in [-0.2, 0) is 20.7 Å². The average molecular weight is 584 g/mol. The highest BCUT2D eigenvalue weighted by molar-refractivity contribution is 5.92. The maximum absolute atomic E-state index is 12.0. The van der Waals surface area contributed by atoms with Crippen LogP contribution in [0.25, 0.3) is 0 Å². The third-order valence-corrected chi connectivity index (χ3v) is 5.41. The number of ether oxygens (including phenoxy) is 3. The highest BCUT2D eigenvalue weighted by atomic mass is 127. The van der Waals surface area contributed by atoms with Crippen LogP contribution in [0.15, 0.2) is 48.5 Å². The van der Waals surface area contributed by atoms with Gasteiger partial charge in [-0.1, -0.05) is 49.9 Å². The number of halogens is 1. The number of benzene rings is 2. The largest absolute Gasteiger partial charge is 1.00 e. The van der Waals surface area contributed by atoms with Crippen molar-refractivity contribution in [2.24, 2.45) is 0 Å². The third kappa shape index (κ3) is 10.9. The molecular formula is C27H38INO5. The second-order valence-corrected chi connectivity index (χ2v) is 9.03. The predicted octanol–water partition coefficient (Wildman–Crippen LogP) is 2.18. The lowest BCUT2D eigenvalue weighted by atomic mass is 10.1. The molecule has 0 spiro atoms. The SMILES string of the molecule is COC(=O)c1ccccc1OCCCCCCCCOC(=O)Cc1ccc([N+](C)(C)C)cc1.[I-]. The summed E-state index contributed by atoms with van der Waals surface area (Å²) >= 11 is 0. The quantitative estimate of drug-likeness (QED) is 0.148. The molecule has 7 heteroatoms. The fraction of sp³-hybridized carbons (Fsp3) is 0.481. The summed E-state index contributed by atoms with van der Waals surface area (Å²) in [7, 11) is 7.71. The molecule has 0 aliphatic carbocycles. The van der Waals surface area contributed by atoms with Gasteiger partial charge in [-0.2, -0.15) is 0 Å². The number of hydrogen-bond donors (Lipinski definition) is 0. The van der Waals surface area contributed by atoms with E-state index in [9.17, 15) is 9.59 Å². The molecule has 0 aromatic heterocycles. The summed E-state index contributed by atoms with van der Waals surface area (Å²) in [6, 6.07) is 15.2. The van der Waals surface area contributed by atoms with E-state index in [1.807, 2.05) is 18.2 Å². The third-order valence-electron chi connectivity index (χ3n) is 5.41. The van der Waals surface area contributed by atoms with Crippen LogP contribution in [0.3, 0.4) is 0 Å². The van der Waals surface area contributed by atoms with Crippen LogP contribution >= 0.6 is 0 Å². The Morgan fingerprint density at radius 3 is 2.00 bits per heavy atom. The van der Waals surface area contributed by atoms with Crippen LogP contribution in [0.4, 0.5) is 5.69 Å².